The van der Waals surface area contributed by atoms with Crippen molar-refractivity contribution in [2.24, 2.45) is 0 Å². The summed E-state index contributed by atoms with van der Waals surface area (Å²) in [5.41, 5.74) is 4.68. The molecule has 0 saturated heterocycles. The summed E-state index contributed by atoms with van der Waals surface area (Å²) < 4.78 is 5.59. The number of hydrogen-bond acceptors (Lipinski definition) is 6. The van der Waals surface area contributed by atoms with Crippen molar-refractivity contribution in [1.82, 2.24) is 24.8 Å². The summed E-state index contributed by atoms with van der Waals surface area (Å²) in [7, 11) is 1.72. The van der Waals surface area contributed by atoms with Gasteiger partial charge in [-0.1, -0.05) is 26.0 Å². The van der Waals surface area contributed by atoms with Crippen LogP contribution in [0.5, 0.6) is 5.75 Å². The molecule has 1 aromatic carbocycles. The molecule has 2 aromatic heterocycles. The highest BCUT2D eigenvalue weighted by Gasteiger charge is 2.22. The van der Waals surface area contributed by atoms with Crippen LogP contribution in [-0.4, -0.2) is 51.5 Å². The van der Waals surface area contributed by atoms with Gasteiger partial charge in [0, 0.05) is 44.4 Å². The third kappa shape index (κ3) is 4.89. The standard InChI is InChI=1S/C25H31N5O2/c1-4-29(5-2)16-19-14-18(9-10-23(19)32-3)15-30-13-11-21-20(17-30)25(31)28-24(27-21)22-8-6-7-12-26-22/h6-10,12,14H,4-5,11,13,15-17H2,1-3H3,(H,27,28,31). The average molecular weight is 434 g/mol. The summed E-state index contributed by atoms with van der Waals surface area (Å²) >= 11 is 0. The van der Waals surface area contributed by atoms with Gasteiger partial charge in [0.15, 0.2) is 5.82 Å². The molecule has 0 fully saturated rings. The summed E-state index contributed by atoms with van der Waals surface area (Å²) in [5, 5.41) is 0. The summed E-state index contributed by atoms with van der Waals surface area (Å²) in [5.74, 6) is 1.46. The fraction of sp³-hybridized carbons (Fsp3) is 0.400. The molecule has 0 radical (unpaired) electrons. The van der Waals surface area contributed by atoms with Crippen molar-refractivity contribution in [2.45, 2.75) is 39.9 Å². The van der Waals surface area contributed by atoms with Crippen LogP contribution in [0.25, 0.3) is 11.5 Å². The SMILES string of the molecule is CCN(CC)Cc1cc(CN2CCc3nc(-c4ccccn4)[nH]c(=O)c3C2)ccc1OC. The van der Waals surface area contributed by atoms with E-state index in [0.29, 0.717) is 18.1 Å². The van der Waals surface area contributed by atoms with Gasteiger partial charge < -0.3 is 9.72 Å². The van der Waals surface area contributed by atoms with E-state index in [1.165, 1.54) is 11.1 Å². The fourth-order valence-electron chi connectivity index (χ4n) is 4.24. The van der Waals surface area contributed by atoms with Gasteiger partial charge in [-0.25, -0.2) is 4.98 Å². The number of pyridine rings is 1. The first-order chi connectivity index (χ1) is 15.6. The highest BCUT2D eigenvalue weighted by molar-refractivity contribution is 5.49. The Morgan fingerprint density at radius 2 is 2.03 bits per heavy atom. The normalized spacial score (nSPS) is 13.9. The van der Waals surface area contributed by atoms with Gasteiger partial charge in [-0.15, -0.1) is 0 Å². The maximum absolute atomic E-state index is 12.8. The number of hydrogen-bond donors (Lipinski definition) is 1. The fourth-order valence-corrected chi connectivity index (χ4v) is 4.24. The van der Waals surface area contributed by atoms with Gasteiger partial charge in [0.1, 0.15) is 11.4 Å². The van der Waals surface area contributed by atoms with E-state index in [0.717, 1.165) is 56.2 Å². The van der Waals surface area contributed by atoms with Gasteiger partial charge in [-0.2, -0.15) is 0 Å². The number of aromatic amines is 1. The van der Waals surface area contributed by atoms with Crippen molar-refractivity contribution in [3.05, 3.63) is 75.3 Å². The third-order valence-corrected chi connectivity index (χ3v) is 6.09. The van der Waals surface area contributed by atoms with E-state index in [1.54, 1.807) is 13.3 Å². The molecule has 3 aromatic rings. The molecule has 7 nitrogen and oxygen atoms in total. The number of aromatic nitrogens is 3. The van der Waals surface area contributed by atoms with E-state index >= 15 is 0 Å². The van der Waals surface area contributed by atoms with Crippen LogP contribution < -0.4 is 10.3 Å². The molecule has 3 heterocycles. The number of methoxy groups -OCH3 is 1. The molecule has 32 heavy (non-hydrogen) atoms. The first-order valence-corrected chi connectivity index (χ1v) is 11.2. The number of H-pyrrole nitrogens is 1. The van der Waals surface area contributed by atoms with E-state index in [-0.39, 0.29) is 5.56 Å². The molecule has 1 aliphatic rings. The molecule has 7 heteroatoms. The van der Waals surface area contributed by atoms with E-state index in [1.807, 2.05) is 18.2 Å². The summed E-state index contributed by atoms with van der Waals surface area (Å²) in [6, 6.07) is 12.0. The Bertz CT molecular complexity index is 1110. The summed E-state index contributed by atoms with van der Waals surface area (Å²) in [4.78, 5) is 29.4. The average Bonchev–Trinajstić information content (AvgIpc) is 2.83. The van der Waals surface area contributed by atoms with Gasteiger partial charge in [-0.05, 0) is 42.9 Å². The van der Waals surface area contributed by atoms with Crippen molar-refractivity contribution in [2.75, 3.05) is 26.7 Å². The van der Waals surface area contributed by atoms with E-state index in [2.05, 4.69) is 51.8 Å². The molecule has 0 unspecified atom stereocenters. The molecule has 4 rings (SSSR count). The van der Waals surface area contributed by atoms with Crippen LogP contribution in [0.15, 0.2) is 47.4 Å². The first kappa shape index (κ1) is 22.2. The molecule has 1 N–H and O–H groups in total. The Labute approximate surface area is 189 Å². The monoisotopic (exact) mass is 433 g/mol. The lowest BCUT2D eigenvalue weighted by molar-refractivity contribution is 0.241. The van der Waals surface area contributed by atoms with E-state index in [9.17, 15) is 4.79 Å². The Morgan fingerprint density at radius 1 is 1.19 bits per heavy atom. The molecule has 0 bridgehead atoms. The van der Waals surface area contributed by atoms with Gasteiger partial charge in [0.2, 0.25) is 0 Å². The van der Waals surface area contributed by atoms with Crippen molar-refractivity contribution < 1.29 is 4.74 Å². The maximum Gasteiger partial charge on any atom is 0.255 e. The second kappa shape index (κ2) is 10.1. The largest absolute Gasteiger partial charge is 0.496 e. The zero-order chi connectivity index (χ0) is 22.5. The number of fused-ring (bicyclic) bond motifs is 1. The van der Waals surface area contributed by atoms with Crippen LogP contribution >= 0.6 is 0 Å². The molecule has 168 valence electrons. The van der Waals surface area contributed by atoms with Crippen molar-refractivity contribution in [3.63, 3.8) is 0 Å². The van der Waals surface area contributed by atoms with Gasteiger partial charge in [-0.3, -0.25) is 19.6 Å². The third-order valence-electron chi connectivity index (χ3n) is 6.09. The molecule has 1 aliphatic heterocycles. The van der Waals surface area contributed by atoms with Crippen molar-refractivity contribution >= 4 is 0 Å². The van der Waals surface area contributed by atoms with Crippen LogP contribution in [0, 0.1) is 0 Å². The topological polar surface area (TPSA) is 74.4 Å². The second-order valence-corrected chi connectivity index (χ2v) is 8.12. The zero-order valence-electron chi connectivity index (χ0n) is 19.1. The molecular weight excluding hydrogens is 402 g/mol. The number of rotatable bonds is 8. The highest BCUT2D eigenvalue weighted by atomic mass is 16.5. The Morgan fingerprint density at radius 3 is 2.75 bits per heavy atom. The lowest BCUT2D eigenvalue weighted by atomic mass is 10.0. The van der Waals surface area contributed by atoms with Gasteiger partial charge in [0.25, 0.3) is 5.56 Å². The number of nitrogens with one attached hydrogen (secondary N) is 1. The number of benzene rings is 1. The van der Waals surface area contributed by atoms with E-state index < -0.39 is 0 Å². The van der Waals surface area contributed by atoms with Crippen LogP contribution in [0.2, 0.25) is 0 Å². The molecule has 0 saturated carbocycles. The molecular formula is C25H31N5O2. The molecule has 0 spiro atoms. The van der Waals surface area contributed by atoms with E-state index in [4.69, 9.17) is 9.72 Å². The number of nitrogens with zero attached hydrogens (tertiary/aromatic N) is 4. The first-order valence-electron chi connectivity index (χ1n) is 11.2. The molecule has 0 aliphatic carbocycles. The predicted octanol–water partition coefficient (Wildman–Crippen LogP) is 3.24. The lowest BCUT2D eigenvalue weighted by Crippen LogP contribution is -2.35. The summed E-state index contributed by atoms with van der Waals surface area (Å²) in [6.45, 7) is 9.47. The maximum atomic E-state index is 12.8. The Hall–Kier alpha value is -3.03. The zero-order valence-corrected chi connectivity index (χ0v) is 19.1. The minimum absolute atomic E-state index is 0.0719. The Kier molecular flexibility index (Phi) is 6.97. The van der Waals surface area contributed by atoms with Crippen molar-refractivity contribution in [3.8, 4) is 17.3 Å². The van der Waals surface area contributed by atoms with Crippen LogP contribution in [0.1, 0.15) is 36.2 Å². The van der Waals surface area contributed by atoms with Gasteiger partial charge in [0.05, 0.1) is 18.4 Å². The molecule has 0 atom stereocenters. The second-order valence-electron chi connectivity index (χ2n) is 8.12. The predicted molar refractivity (Wildman–Crippen MR) is 126 cm³/mol. The van der Waals surface area contributed by atoms with Crippen LogP contribution in [0.3, 0.4) is 0 Å². The lowest BCUT2D eigenvalue weighted by Gasteiger charge is -2.28. The van der Waals surface area contributed by atoms with Crippen LogP contribution in [-0.2, 0) is 26.1 Å². The Balaban J connectivity index is 1.51. The quantitative estimate of drug-likeness (QED) is 0.588. The van der Waals surface area contributed by atoms with Gasteiger partial charge >= 0.3 is 0 Å². The smallest absolute Gasteiger partial charge is 0.255 e. The van der Waals surface area contributed by atoms with Crippen LogP contribution in [0.4, 0.5) is 0 Å². The molecule has 0 amide bonds. The number of ether oxygens (including phenoxy) is 1. The summed E-state index contributed by atoms with van der Waals surface area (Å²) in [6.07, 6.45) is 2.46. The minimum Gasteiger partial charge on any atom is -0.496 e. The highest BCUT2D eigenvalue weighted by Crippen LogP contribution is 2.24. The van der Waals surface area contributed by atoms with Crippen molar-refractivity contribution in [1.29, 1.82) is 0 Å². The minimum atomic E-state index is -0.0719.